The summed E-state index contributed by atoms with van der Waals surface area (Å²) in [6, 6.07) is 22.2. The van der Waals surface area contributed by atoms with E-state index in [-0.39, 0.29) is 15.7 Å². The number of hydroxylamine groups is 1. The summed E-state index contributed by atoms with van der Waals surface area (Å²) in [4.78, 5) is 47.3. The zero-order valence-electron chi connectivity index (χ0n) is 18.5. The largest absolute Gasteiger partial charge is 0.313 e. The Morgan fingerprint density at radius 1 is 0.778 bits per heavy atom. The summed E-state index contributed by atoms with van der Waals surface area (Å²) in [5.74, 6) is -2.53. The lowest BCUT2D eigenvalue weighted by Crippen LogP contribution is -2.37. The Morgan fingerprint density at radius 2 is 1.39 bits per heavy atom. The van der Waals surface area contributed by atoms with Crippen LogP contribution in [0.2, 0.25) is 5.15 Å². The molecule has 3 aromatic carbocycles. The lowest BCUT2D eigenvalue weighted by molar-refractivity contribution is -0.126. The quantitative estimate of drug-likeness (QED) is 0.363. The molecule has 10 heteroatoms. The molecule has 0 spiro atoms. The van der Waals surface area contributed by atoms with Gasteiger partial charge in [0, 0.05) is 0 Å². The van der Waals surface area contributed by atoms with Gasteiger partial charge in [-0.25, -0.2) is 14.4 Å². The zero-order valence-corrected chi connectivity index (χ0v) is 20.0. The number of hydrogen-bond acceptors (Lipinski definition) is 6. The Bertz CT molecular complexity index is 1520. The van der Waals surface area contributed by atoms with E-state index >= 15 is 0 Å². The van der Waals surface area contributed by atoms with Crippen LogP contribution in [-0.4, -0.2) is 22.5 Å². The molecule has 3 heterocycles. The Hall–Kier alpha value is -3.79. The molecule has 2 saturated heterocycles. The second-order valence-electron chi connectivity index (χ2n) is 8.34. The van der Waals surface area contributed by atoms with Crippen molar-refractivity contribution in [2.75, 3.05) is 9.96 Å². The van der Waals surface area contributed by atoms with Crippen LogP contribution in [0.1, 0.15) is 10.9 Å². The number of amides is 2. The number of benzene rings is 3. The lowest BCUT2D eigenvalue weighted by atomic mass is 9.95. The van der Waals surface area contributed by atoms with Crippen LogP contribution in [-0.2, 0) is 14.4 Å². The number of carbonyl (C=O) groups excluding carboxylic acids is 2. The Kier molecular flexibility index (Phi) is 5.48. The van der Waals surface area contributed by atoms with Crippen molar-refractivity contribution in [1.29, 1.82) is 0 Å². The maximum atomic E-state index is 13.7. The van der Waals surface area contributed by atoms with Crippen LogP contribution >= 0.6 is 22.9 Å². The Morgan fingerprint density at radius 3 is 2.03 bits per heavy atom. The highest BCUT2D eigenvalue weighted by Gasteiger charge is 2.61. The molecular formula is C26H17ClFN3O4S. The van der Waals surface area contributed by atoms with Gasteiger partial charge in [0.25, 0.3) is 5.91 Å². The first-order valence-electron chi connectivity index (χ1n) is 11.1. The van der Waals surface area contributed by atoms with Gasteiger partial charge in [0.1, 0.15) is 22.9 Å². The number of aromatic nitrogens is 1. The van der Waals surface area contributed by atoms with Crippen molar-refractivity contribution in [3.05, 3.63) is 110 Å². The van der Waals surface area contributed by atoms with Gasteiger partial charge in [-0.1, -0.05) is 59.3 Å². The molecule has 2 aliphatic rings. The van der Waals surface area contributed by atoms with Gasteiger partial charge in [-0.05, 0) is 48.5 Å². The van der Waals surface area contributed by atoms with Crippen molar-refractivity contribution in [1.82, 2.24) is 4.57 Å². The number of anilines is 2. The molecule has 0 radical (unpaired) electrons. The molecule has 0 saturated carbocycles. The van der Waals surface area contributed by atoms with E-state index in [0.29, 0.717) is 16.3 Å². The minimum atomic E-state index is -1.13. The fraction of sp³-hybridized carbons (Fsp3) is 0.115. The fourth-order valence-corrected chi connectivity index (χ4v) is 6.14. The van der Waals surface area contributed by atoms with Gasteiger partial charge < -0.3 is 0 Å². The van der Waals surface area contributed by atoms with E-state index in [1.807, 2.05) is 12.1 Å². The lowest BCUT2D eigenvalue weighted by Gasteiger charge is -2.28. The monoisotopic (exact) mass is 521 g/mol. The summed E-state index contributed by atoms with van der Waals surface area (Å²) in [6.45, 7) is 0. The average Bonchev–Trinajstić information content (AvgIpc) is 3.50. The second-order valence-corrected chi connectivity index (χ2v) is 9.69. The molecule has 0 unspecified atom stereocenters. The van der Waals surface area contributed by atoms with Gasteiger partial charge >= 0.3 is 4.87 Å². The van der Waals surface area contributed by atoms with Gasteiger partial charge in [-0.15, -0.1) is 0 Å². The van der Waals surface area contributed by atoms with E-state index in [1.54, 1.807) is 48.5 Å². The molecule has 2 aliphatic heterocycles. The highest BCUT2D eigenvalue weighted by molar-refractivity contribution is 7.10. The smallest absolute Gasteiger partial charge is 0.273 e. The third-order valence-corrected chi connectivity index (χ3v) is 7.77. The average molecular weight is 522 g/mol. The minimum Gasteiger partial charge on any atom is -0.273 e. The Labute approximate surface area is 213 Å². The van der Waals surface area contributed by atoms with Crippen LogP contribution in [0.15, 0.2) is 89.7 Å². The predicted molar refractivity (Wildman–Crippen MR) is 134 cm³/mol. The molecule has 180 valence electrons. The number of para-hydroxylation sites is 2. The number of nitrogens with zero attached hydrogens (tertiary/aromatic N) is 3. The van der Waals surface area contributed by atoms with Gasteiger partial charge in [0.15, 0.2) is 6.10 Å². The number of thiazole rings is 1. The van der Waals surface area contributed by atoms with Gasteiger partial charge in [0.2, 0.25) is 5.91 Å². The van der Waals surface area contributed by atoms with Crippen molar-refractivity contribution in [2.45, 2.75) is 12.1 Å². The molecular weight excluding hydrogens is 505 g/mol. The summed E-state index contributed by atoms with van der Waals surface area (Å²) in [6.07, 6.45) is -1.13. The van der Waals surface area contributed by atoms with E-state index in [0.717, 1.165) is 16.2 Å². The summed E-state index contributed by atoms with van der Waals surface area (Å²) < 4.78 is 14.9. The van der Waals surface area contributed by atoms with Crippen molar-refractivity contribution >= 4 is 46.1 Å². The van der Waals surface area contributed by atoms with Crippen LogP contribution in [0.4, 0.5) is 15.8 Å². The second kappa shape index (κ2) is 8.70. The zero-order chi connectivity index (χ0) is 25.0. The van der Waals surface area contributed by atoms with E-state index in [4.69, 9.17) is 16.4 Å². The summed E-state index contributed by atoms with van der Waals surface area (Å²) in [5, 5.41) is 1.63. The highest BCUT2D eigenvalue weighted by atomic mass is 35.5. The fourth-order valence-electron chi connectivity index (χ4n) is 4.67. The van der Waals surface area contributed by atoms with E-state index in [1.165, 1.54) is 33.9 Å². The third-order valence-electron chi connectivity index (χ3n) is 6.27. The molecule has 2 amide bonds. The van der Waals surface area contributed by atoms with E-state index < -0.39 is 35.7 Å². The highest BCUT2D eigenvalue weighted by Crippen LogP contribution is 2.50. The van der Waals surface area contributed by atoms with Gasteiger partial charge in [-0.3, -0.25) is 23.8 Å². The van der Waals surface area contributed by atoms with Crippen LogP contribution in [0.25, 0.3) is 5.69 Å². The molecule has 1 aromatic heterocycles. The molecule has 0 bridgehead atoms. The summed E-state index contributed by atoms with van der Waals surface area (Å²) in [7, 11) is 0. The number of imide groups is 1. The number of fused-ring (bicyclic) bond motifs is 1. The topological polar surface area (TPSA) is 71.9 Å². The molecule has 0 aliphatic carbocycles. The number of halogens is 2. The first-order valence-corrected chi connectivity index (χ1v) is 12.3. The predicted octanol–water partition coefficient (Wildman–Crippen LogP) is 4.74. The number of hydrogen-bond donors (Lipinski definition) is 0. The molecule has 2 fully saturated rings. The van der Waals surface area contributed by atoms with Crippen LogP contribution in [0, 0.1) is 11.7 Å². The van der Waals surface area contributed by atoms with Crippen LogP contribution < -0.4 is 14.8 Å². The SMILES string of the molecule is O=C1[C@H]2[C@@H](c3sc(=O)n(-c4ccccc4)c3Cl)N(c3ccccc3)O[C@H]2C(=O)N1c1ccc(F)cc1. The van der Waals surface area contributed by atoms with Gasteiger partial charge in [-0.2, -0.15) is 0 Å². The molecule has 7 nitrogen and oxygen atoms in total. The molecule has 36 heavy (non-hydrogen) atoms. The summed E-state index contributed by atoms with van der Waals surface area (Å²) >= 11 is 7.69. The number of rotatable bonds is 4. The van der Waals surface area contributed by atoms with Crippen molar-refractivity contribution in [3.8, 4) is 5.69 Å². The van der Waals surface area contributed by atoms with E-state index in [9.17, 15) is 18.8 Å². The molecule has 4 aromatic rings. The van der Waals surface area contributed by atoms with Crippen LogP contribution in [0.3, 0.4) is 0 Å². The molecule has 0 N–H and O–H groups in total. The third kappa shape index (κ3) is 3.47. The van der Waals surface area contributed by atoms with Crippen molar-refractivity contribution in [3.63, 3.8) is 0 Å². The van der Waals surface area contributed by atoms with E-state index in [2.05, 4.69) is 0 Å². The first-order chi connectivity index (χ1) is 17.5. The Balaban J connectivity index is 1.48. The summed E-state index contributed by atoms with van der Waals surface area (Å²) in [5.41, 5.74) is 1.43. The maximum absolute atomic E-state index is 13.7. The van der Waals surface area contributed by atoms with Crippen molar-refractivity contribution in [2.24, 2.45) is 5.92 Å². The number of carbonyl (C=O) groups is 2. The standard InChI is InChI=1S/C26H17ClFN3O4S/c27-23-22(36-26(34)29(23)16-7-3-1-4-8-16)20-19-21(35-31(20)18-9-5-2-6-10-18)25(33)30(24(19)32)17-13-11-15(28)12-14-17/h1-14,19-21H/t19-,20-,21+/m0/s1. The molecule has 6 rings (SSSR count). The normalized spacial score (nSPS) is 21.3. The minimum absolute atomic E-state index is 0.145. The van der Waals surface area contributed by atoms with Crippen LogP contribution in [0.5, 0.6) is 0 Å². The van der Waals surface area contributed by atoms with Gasteiger partial charge in [0.05, 0.1) is 21.9 Å². The first kappa shape index (κ1) is 22.7. The van der Waals surface area contributed by atoms with Crippen molar-refractivity contribution < 1.29 is 18.8 Å². The maximum Gasteiger partial charge on any atom is 0.313 e. The molecule has 3 atom stereocenters.